The molecular weight excluding hydrogens is 833 g/mol. The van der Waals surface area contributed by atoms with Gasteiger partial charge in [-0.1, -0.05) is 74.5 Å². The summed E-state index contributed by atoms with van der Waals surface area (Å²) < 4.78 is 5.78. The average Bonchev–Trinajstić information content (AvgIpc) is 3.95. The van der Waals surface area contributed by atoms with Gasteiger partial charge in [-0.05, 0) is 111 Å². The lowest BCUT2D eigenvalue weighted by Gasteiger charge is -2.24. The highest BCUT2D eigenvalue weighted by molar-refractivity contribution is 6.08. The molecule has 4 atom stereocenters. The van der Waals surface area contributed by atoms with E-state index >= 15 is 0 Å². The number of aliphatic hydroxyl groups is 1. The lowest BCUT2D eigenvalue weighted by Crippen LogP contribution is -2.54. The Kier molecular flexibility index (Phi) is 17.8. The van der Waals surface area contributed by atoms with Crippen molar-refractivity contribution in [1.29, 1.82) is 0 Å². The lowest BCUT2D eigenvalue weighted by atomic mass is 9.89. The van der Waals surface area contributed by atoms with Crippen molar-refractivity contribution in [2.24, 2.45) is 16.8 Å². The number of aromatic amines is 1. The summed E-state index contributed by atoms with van der Waals surface area (Å²) in [4.78, 5) is 51.1. The van der Waals surface area contributed by atoms with Crippen LogP contribution in [0.4, 0.5) is 10.5 Å². The monoisotopic (exact) mass is 901 g/mol. The Labute approximate surface area is 389 Å². The first-order valence-corrected chi connectivity index (χ1v) is 23.1. The summed E-state index contributed by atoms with van der Waals surface area (Å²) in [6.45, 7) is 9.81. The molecule has 5 aromatic rings. The summed E-state index contributed by atoms with van der Waals surface area (Å²) in [5.41, 5.74) is 15.2. The Morgan fingerprint density at radius 1 is 0.939 bits per heavy atom. The van der Waals surface area contributed by atoms with Gasteiger partial charge in [-0.3, -0.25) is 14.6 Å². The molecule has 15 nitrogen and oxygen atoms in total. The number of amides is 4. The van der Waals surface area contributed by atoms with Crippen LogP contribution >= 0.6 is 0 Å². The molecule has 0 saturated heterocycles. The molecule has 0 aliphatic carbocycles. The second-order valence-electron chi connectivity index (χ2n) is 17.8. The summed E-state index contributed by atoms with van der Waals surface area (Å²) in [6, 6.07) is 28.6. The van der Waals surface area contributed by atoms with Gasteiger partial charge < -0.3 is 46.3 Å². The van der Waals surface area contributed by atoms with Crippen LogP contribution < -0.4 is 21.7 Å². The van der Waals surface area contributed by atoms with Crippen molar-refractivity contribution < 1.29 is 24.2 Å². The number of likely N-dealkylation sites (N-methyl/N-ethyl adjacent to an activating group) is 2. The Hall–Kier alpha value is -6.13. The number of carbonyl (C=O) groups is 3. The number of hydrogen-bond donors (Lipinski definition) is 6. The number of hydrazone groups is 1. The van der Waals surface area contributed by atoms with Gasteiger partial charge in [0, 0.05) is 81.3 Å². The number of rotatable bonds is 23. The molecule has 4 unspecified atom stereocenters. The Morgan fingerprint density at radius 3 is 2.42 bits per heavy atom. The maximum absolute atomic E-state index is 13.1. The highest BCUT2D eigenvalue weighted by Crippen LogP contribution is 2.35. The molecule has 6 rings (SSSR count). The molecule has 3 heterocycles. The van der Waals surface area contributed by atoms with Crippen LogP contribution in [-0.2, 0) is 27.3 Å². The van der Waals surface area contributed by atoms with Gasteiger partial charge in [0.2, 0.25) is 5.91 Å². The standard InChI is InChI=1S/C51H68N10O5/c1-7-61-33-42(40-23-25-53-48-41(40)31-44(56-48)38-16-11-15-36(30-38)32-59(4)5)46(58-61)37-18-20-39(21-19-37)55-51(65)60(6)26-28-66-27-12-24-54-49(63)45(29-34(2)3)57-50(64)47(62)43(52)22-17-35-13-9-8-10-14-35/h8-11,13-16,18-21,23,25,30-31,34,42-43,45,47,62H,7,12,17,22,24,26-29,32-33,52H2,1-6H3,(H,53,56)(H,54,63)(H,55,65)(H,57,64). The number of fused-ring (bicyclic) bond motifs is 1. The van der Waals surface area contributed by atoms with Gasteiger partial charge in [-0.25, -0.2) is 9.78 Å². The van der Waals surface area contributed by atoms with E-state index in [4.69, 9.17) is 20.6 Å². The first-order valence-electron chi connectivity index (χ1n) is 23.1. The Morgan fingerprint density at radius 2 is 1.70 bits per heavy atom. The third kappa shape index (κ3) is 13.7. The molecule has 0 fully saturated rings. The topological polar surface area (TPSA) is 194 Å². The van der Waals surface area contributed by atoms with E-state index in [0.29, 0.717) is 57.7 Å². The van der Waals surface area contributed by atoms with Crippen molar-refractivity contribution in [3.8, 4) is 11.3 Å². The molecule has 0 bridgehead atoms. The smallest absolute Gasteiger partial charge is 0.321 e. The Bertz CT molecular complexity index is 2390. The molecule has 0 spiro atoms. The summed E-state index contributed by atoms with van der Waals surface area (Å²) in [5, 5.41) is 27.4. The van der Waals surface area contributed by atoms with Gasteiger partial charge in [-0.15, -0.1) is 0 Å². The van der Waals surface area contributed by atoms with Crippen molar-refractivity contribution in [1.82, 2.24) is 35.4 Å². The van der Waals surface area contributed by atoms with Gasteiger partial charge in [0.05, 0.1) is 12.3 Å². The predicted molar refractivity (Wildman–Crippen MR) is 262 cm³/mol. The number of nitrogens with two attached hydrogens (primary N) is 1. The van der Waals surface area contributed by atoms with Crippen LogP contribution in [0.15, 0.2) is 102 Å². The van der Waals surface area contributed by atoms with E-state index in [-0.39, 0.29) is 23.8 Å². The minimum atomic E-state index is -1.43. The van der Waals surface area contributed by atoms with Crippen LogP contribution in [0.2, 0.25) is 0 Å². The lowest BCUT2D eigenvalue weighted by molar-refractivity contribution is -0.135. The minimum absolute atomic E-state index is 0.0251. The van der Waals surface area contributed by atoms with E-state index in [2.05, 4.69) is 88.3 Å². The number of anilines is 1. The molecule has 3 aromatic carbocycles. The third-order valence-corrected chi connectivity index (χ3v) is 11.8. The molecule has 352 valence electrons. The number of aliphatic hydroxyl groups excluding tert-OH is 1. The van der Waals surface area contributed by atoms with Crippen LogP contribution in [-0.4, -0.2) is 132 Å². The van der Waals surface area contributed by atoms with Gasteiger partial charge in [0.1, 0.15) is 17.8 Å². The number of benzene rings is 3. The van der Waals surface area contributed by atoms with Gasteiger partial charge in [-0.2, -0.15) is 5.10 Å². The predicted octanol–water partition coefficient (Wildman–Crippen LogP) is 5.95. The zero-order valence-electron chi connectivity index (χ0n) is 39.3. The zero-order chi connectivity index (χ0) is 47.2. The van der Waals surface area contributed by atoms with E-state index in [1.807, 2.05) is 74.6 Å². The first kappa shape index (κ1) is 49.3. The molecule has 15 heteroatoms. The molecular formula is C51H68N10O5. The van der Waals surface area contributed by atoms with E-state index < -0.39 is 24.1 Å². The summed E-state index contributed by atoms with van der Waals surface area (Å²) in [7, 11) is 5.85. The van der Waals surface area contributed by atoms with Crippen LogP contribution in [0.1, 0.15) is 68.2 Å². The van der Waals surface area contributed by atoms with Crippen molar-refractivity contribution in [2.75, 3.05) is 65.9 Å². The SMILES string of the molecule is CCN1CC(c2ccnc3[nH]c(-c4cccc(CN(C)C)c4)cc23)C(c2ccc(NC(=O)N(C)CCOCCCNC(=O)C(CC(C)C)NC(=O)C(O)C(N)CCc3ccccc3)cc2)=N1. The van der Waals surface area contributed by atoms with Crippen LogP contribution in [0, 0.1) is 5.92 Å². The van der Waals surface area contributed by atoms with E-state index in [9.17, 15) is 19.5 Å². The Balaban J connectivity index is 0.940. The van der Waals surface area contributed by atoms with Crippen molar-refractivity contribution in [2.45, 2.75) is 77.1 Å². The van der Waals surface area contributed by atoms with Gasteiger partial charge >= 0.3 is 6.03 Å². The average molecular weight is 901 g/mol. The molecule has 7 N–H and O–H groups in total. The van der Waals surface area contributed by atoms with Crippen molar-refractivity contribution in [3.63, 3.8) is 0 Å². The summed E-state index contributed by atoms with van der Waals surface area (Å²) in [5.74, 6) is -0.837. The highest BCUT2D eigenvalue weighted by Gasteiger charge is 2.31. The fourth-order valence-corrected chi connectivity index (χ4v) is 8.12. The van der Waals surface area contributed by atoms with Crippen LogP contribution in [0.25, 0.3) is 22.3 Å². The van der Waals surface area contributed by atoms with E-state index in [0.717, 1.165) is 64.3 Å². The quantitative estimate of drug-likeness (QED) is 0.0430. The number of urea groups is 1. The number of aromatic nitrogens is 2. The number of carbonyl (C=O) groups excluding carboxylic acids is 3. The fraction of sp³-hybridized carbons (Fsp3) is 0.431. The second kappa shape index (κ2) is 23.9. The molecule has 1 aliphatic heterocycles. The molecule has 1 aliphatic rings. The number of hydrogen-bond acceptors (Lipinski definition) is 10. The number of ether oxygens (including phenoxy) is 1. The summed E-state index contributed by atoms with van der Waals surface area (Å²) >= 11 is 0. The number of aryl methyl sites for hydroxylation is 1. The number of pyridine rings is 1. The third-order valence-electron chi connectivity index (χ3n) is 11.8. The van der Waals surface area contributed by atoms with Crippen molar-refractivity contribution >= 4 is 40.3 Å². The fourth-order valence-electron chi connectivity index (χ4n) is 8.12. The molecule has 4 amide bonds. The second-order valence-corrected chi connectivity index (χ2v) is 17.8. The summed E-state index contributed by atoms with van der Waals surface area (Å²) in [6.07, 6.45) is 2.42. The van der Waals surface area contributed by atoms with Crippen molar-refractivity contribution in [3.05, 3.63) is 119 Å². The maximum Gasteiger partial charge on any atom is 0.321 e. The number of nitrogens with one attached hydrogen (secondary N) is 4. The van der Waals surface area contributed by atoms with E-state index in [1.54, 1.807) is 11.9 Å². The largest absolute Gasteiger partial charge is 0.382 e. The van der Waals surface area contributed by atoms with Gasteiger partial charge in [0.25, 0.3) is 5.91 Å². The van der Waals surface area contributed by atoms with Gasteiger partial charge in [0.15, 0.2) is 0 Å². The normalized spacial score (nSPS) is 15.2. The number of H-pyrrole nitrogens is 1. The zero-order valence-corrected chi connectivity index (χ0v) is 39.3. The minimum Gasteiger partial charge on any atom is -0.382 e. The molecule has 66 heavy (non-hydrogen) atoms. The van der Waals surface area contributed by atoms with Crippen LogP contribution in [0.5, 0.6) is 0 Å². The molecule has 0 saturated carbocycles. The maximum atomic E-state index is 13.1. The molecule has 0 radical (unpaired) electrons. The highest BCUT2D eigenvalue weighted by atomic mass is 16.5. The van der Waals surface area contributed by atoms with E-state index in [1.165, 1.54) is 5.56 Å². The first-order chi connectivity index (χ1) is 31.8. The molecule has 2 aromatic heterocycles. The number of nitrogens with zero attached hydrogens (tertiary/aromatic N) is 5. The van der Waals surface area contributed by atoms with Crippen LogP contribution in [0.3, 0.4) is 0 Å².